The second-order valence-electron chi connectivity index (χ2n) is 4.30. The number of pyridine rings is 1. The van der Waals surface area contributed by atoms with Crippen molar-refractivity contribution in [2.75, 3.05) is 11.9 Å². The number of anilines is 1. The number of hydrogen-bond donors (Lipinski definition) is 1. The number of rotatable bonds is 5. The van der Waals surface area contributed by atoms with Gasteiger partial charge in [-0.15, -0.1) is 0 Å². The van der Waals surface area contributed by atoms with Crippen LogP contribution in [0, 0.1) is 12.7 Å². The van der Waals surface area contributed by atoms with Crippen LogP contribution in [0.15, 0.2) is 42.6 Å². The van der Waals surface area contributed by atoms with Gasteiger partial charge >= 0.3 is 0 Å². The summed E-state index contributed by atoms with van der Waals surface area (Å²) < 4.78 is 18.5. The zero-order valence-electron chi connectivity index (χ0n) is 11.1. The van der Waals surface area contributed by atoms with Crippen LogP contribution in [0.1, 0.15) is 12.0 Å². The molecule has 2 rings (SSSR count). The maximum absolute atomic E-state index is 13.3. The molecule has 0 saturated carbocycles. The van der Waals surface area contributed by atoms with Crippen LogP contribution in [0.5, 0.6) is 5.75 Å². The van der Waals surface area contributed by atoms with Crippen LogP contribution in [0.2, 0.25) is 0 Å². The first kappa shape index (κ1) is 14.0. The van der Waals surface area contributed by atoms with Crippen molar-refractivity contribution in [1.82, 2.24) is 4.98 Å². The van der Waals surface area contributed by atoms with E-state index in [-0.39, 0.29) is 24.7 Å². The molecule has 0 bridgehead atoms. The lowest BCUT2D eigenvalue weighted by molar-refractivity contribution is -0.116. The van der Waals surface area contributed by atoms with Crippen LogP contribution in [-0.2, 0) is 4.79 Å². The fourth-order valence-electron chi connectivity index (χ4n) is 1.63. The molecule has 0 aliphatic rings. The zero-order chi connectivity index (χ0) is 14.4. The number of benzene rings is 1. The summed E-state index contributed by atoms with van der Waals surface area (Å²) in [6, 6.07) is 9.71. The van der Waals surface area contributed by atoms with Crippen molar-refractivity contribution < 1.29 is 13.9 Å². The second kappa shape index (κ2) is 6.65. The molecule has 2 aromatic rings. The molecular weight excluding hydrogens is 259 g/mol. The normalized spacial score (nSPS) is 10.1. The number of carbonyl (C=O) groups is 1. The Morgan fingerprint density at radius 1 is 1.35 bits per heavy atom. The summed E-state index contributed by atoms with van der Waals surface area (Å²) in [4.78, 5) is 15.7. The van der Waals surface area contributed by atoms with E-state index in [1.807, 2.05) is 13.0 Å². The van der Waals surface area contributed by atoms with Crippen molar-refractivity contribution in [3.8, 4) is 5.75 Å². The van der Waals surface area contributed by atoms with E-state index in [0.29, 0.717) is 5.82 Å². The number of nitrogens with zero attached hydrogens (tertiary/aromatic N) is 1. The van der Waals surface area contributed by atoms with Crippen LogP contribution in [-0.4, -0.2) is 17.5 Å². The van der Waals surface area contributed by atoms with Crippen molar-refractivity contribution >= 4 is 11.7 Å². The van der Waals surface area contributed by atoms with Crippen LogP contribution >= 0.6 is 0 Å². The number of carbonyl (C=O) groups excluding carboxylic acids is 1. The van der Waals surface area contributed by atoms with Gasteiger partial charge in [-0.25, -0.2) is 9.37 Å². The van der Waals surface area contributed by atoms with E-state index in [1.165, 1.54) is 12.1 Å². The van der Waals surface area contributed by atoms with E-state index < -0.39 is 5.82 Å². The summed E-state index contributed by atoms with van der Waals surface area (Å²) in [6.45, 7) is 2.03. The summed E-state index contributed by atoms with van der Waals surface area (Å²) in [6.07, 6.45) is 1.75. The van der Waals surface area contributed by atoms with Crippen molar-refractivity contribution in [1.29, 1.82) is 0 Å². The highest BCUT2D eigenvalue weighted by Gasteiger charge is 2.06. The van der Waals surface area contributed by atoms with Gasteiger partial charge in [0.2, 0.25) is 5.91 Å². The van der Waals surface area contributed by atoms with Crippen molar-refractivity contribution in [2.24, 2.45) is 0 Å². The Hall–Kier alpha value is -2.43. The molecule has 1 aromatic heterocycles. The highest BCUT2D eigenvalue weighted by molar-refractivity contribution is 5.89. The quantitative estimate of drug-likeness (QED) is 0.912. The molecule has 0 aliphatic heterocycles. The summed E-state index contributed by atoms with van der Waals surface area (Å²) in [5.41, 5.74) is 1.01. The number of ether oxygens (including phenoxy) is 1. The minimum absolute atomic E-state index is 0.110. The van der Waals surface area contributed by atoms with Crippen LogP contribution in [0.3, 0.4) is 0 Å². The molecule has 0 saturated heterocycles. The molecule has 104 valence electrons. The molecule has 1 amide bonds. The van der Waals surface area contributed by atoms with Gasteiger partial charge < -0.3 is 10.1 Å². The van der Waals surface area contributed by atoms with Crippen LogP contribution < -0.4 is 10.1 Å². The summed E-state index contributed by atoms with van der Waals surface area (Å²) in [5, 5.41) is 2.66. The van der Waals surface area contributed by atoms with E-state index in [2.05, 4.69) is 10.3 Å². The minimum Gasteiger partial charge on any atom is -0.490 e. The fourth-order valence-corrected chi connectivity index (χ4v) is 1.63. The van der Waals surface area contributed by atoms with Crippen molar-refractivity contribution in [3.63, 3.8) is 0 Å². The maximum Gasteiger partial charge on any atom is 0.228 e. The second-order valence-corrected chi connectivity index (χ2v) is 4.30. The average molecular weight is 274 g/mol. The smallest absolute Gasteiger partial charge is 0.228 e. The van der Waals surface area contributed by atoms with Gasteiger partial charge in [0, 0.05) is 6.20 Å². The van der Waals surface area contributed by atoms with Gasteiger partial charge in [0.25, 0.3) is 0 Å². The maximum atomic E-state index is 13.3. The van der Waals surface area contributed by atoms with E-state index >= 15 is 0 Å². The van der Waals surface area contributed by atoms with Gasteiger partial charge in [-0.3, -0.25) is 4.79 Å². The Kier molecular flexibility index (Phi) is 4.65. The van der Waals surface area contributed by atoms with Crippen molar-refractivity contribution in [3.05, 3.63) is 54.0 Å². The lowest BCUT2D eigenvalue weighted by atomic mass is 10.3. The number of hydrogen-bond acceptors (Lipinski definition) is 3. The van der Waals surface area contributed by atoms with Gasteiger partial charge in [-0.1, -0.05) is 12.1 Å². The average Bonchev–Trinajstić information content (AvgIpc) is 2.41. The van der Waals surface area contributed by atoms with Gasteiger partial charge in [0.15, 0.2) is 11.6 Å². The molecule has 4 nitrogen and oxygen atoms in total. The molecule has 1 aromatic carbocycles. The fraction of sp³-hybridized carbons (Fsp3) is 0.200. The molecule has 1 N–H and O–H groups in total. The number of aromatic nitrogens is 1. The van der Waals surface area contributed by atoms with Gasteiger partial charge in [0.05, 0.1) is 13.0 Å². The summed E-state index contributed by atoms with van der Waals surface area (Å²) in [5.74, 6) is -0.0115. The standard InChI is InChI=1S/C15H15FN2O2/c1-11-6-8-17-14(10-11)18-15(19)7-9-20-13-5-3-2-4-12(13)16/h2-6,8,10H,7,9H2,1H3,(H,17,18,19). The first-order valence-corrected chi connectivity index (χ1v) is 6.25. The highest BCUT2D eigenvalue weighted by atomic mass is 19.1. The van der Waals surface area contributed by atoms with Crippen LogP contribution in [0.25, 0.3) is 0 Å². The summed E-state index contributed by atoms with van der Waals surface area (Å²) in [7, 11) is 0. The van der Waals surface area contributed by atoms with E-state index in [0.717, 1.165) is 5.56 Å². The molecule has 5 heteroatoms. The largest absolute Gasteiger partial charge is 0.490 e. The first-order valence-electron chi connectivity index (χ1n) is 6.25. The monoisotopic (exact) mass is 274 g/mol. The van der Waals surface area contributed by atoms with E-state index in [4.69, 9.17) is 4.74 Å². The Labute approximate surface area is 116 Å². The molecule has 0 radical (unpaired) electrons. The number of para-hydroxylation sites is 1. The van der Waals surface area contributed by atoms with E-state index in [9.17, 15) is 9.18 Å². The Balaban J connectivity index is 1.80. The molecule has 1 heterocycles. The van der Waals surface area contributed by atoms with Crippen molar-refractivity contribution in [2.45, 2.75) is 13.3 Å². The third kappa shape index (κ3) is 4.05. The molecule has 0 atom stereocenters. The minimum atomic E-state index is -0.437. The Morgan fingerprint density at radius 3 is 2.90 bits per heavy atom. The predicted octanol–water partition coefficient (Wildman–Crippen LogP) is 2.94. The molecule has 0 fully saturated rings. The SMILES string of the molecule is Cc1ccnc(NC(=O)CCOc2ccccc2F)c1. The predicted molar refractivity (Wildman–Crippen MR) is 74.1 cm³/mol. The van der Waals surface area contributed by atoms with Gasteiger partial charge in [-0.05, 0) is 36.8 Å². The number of nitrogens with one attached hydrogen (secondary N) is 1. The van der Waals surface area contributed by atoms with Gasteiger partial charge in [0.1, 0.15) is 5.82 Å². The Morgan fingerprint density at radius 2 is 2.15 bits per heavy atom. The molecule has 0 spiro atoms. The van der Waals surface area contributed by atoms with E-state index in [1.54, 1.807) is 24.4 Å². The third-order valence-electron chi connectivity index (χ3n) is 2.61. The highest BCUT2D eigenvalue weighted by Crippen LogP contribution is 2.15. The zero-order valence-corrected chi connectivity index (χ0v) is 11.1. The number of halogens is 1. The Bertz CT molecular complexity index is 602. The van der Waals surface area contributed by atoms with Crippen LogP contribution in [0.4, 0.5) is 10.2 Å². The number of aryl methyl sites for hydroxylation is 1. The number of amides is 1. The molecule has 0 aliphatic carbocycles. The lowest BCUT2D eigenvalue weighted by Crippen LogP contribution is -2.16. The topological polar surface area (TPSA) is 51.2 Å². The lowest BCUT2D eigenvalue weighted by Gasteiger charge is -2.07. The molecule has 20 heavy (non-hydrogen) atoms. The van der Waals surface area contributed by atoms with Gasteiger partial charge in [-0.2, -0.15) is 0 Å². The first-order chi connectivity index (χ1) is 9.65. The third-order valence-corrected chi connectivity index (χ3v) is 2.61. The molecular formula is C15H15FN2O2. The molecule has 0 unspecified atom stereocenters. The summed E-state index contributed by atoms with van der Waals surface area (Å²) >= 11 is 0.